The molecule has 2 rings (SSSR count). The Morgan fingerprint density at radius 1 is 0.500 bits per heavy atom. The number of amides is 2. The molecule has 0 spiro atoms. The van der Waals surface area contributed by atoms with Crippen LogP contribution in [0.3, 0.4) is 0 Å². The summed E-state index contributed by atoms with van der Waals surface area (Å²) < 4.78 is 23.4. The van der Waals surface area contributed by atoms with E-state index in [1.807, 2.05) is 53.4 Å². The van der Waals surface area contributed by atoms with Crippen LogP contribution in [0.25, 0.3) is 11.1 Å². The summed E-state index contributed by atoms with van der Waals surface area (Å²) in [6.07, 6.45) is 0. The van der Waals surface area contributed by atoms with Gasteiger partial charge in [0.05, 0.1) is 26.4 Å². The molecule has 8 nitrogen and oxygen atoms in total. The highest BCUT2D eigenvalue weighted by atomic mass is 28.4. The number of carbonyl (C=O) groups is 2. The van der Waals surface area contributed by atoms with E-state index in [0.717, 1.165) is 47.4 Å². The lowest BCUT2D eigenvalue weighted by molar-refractivity contribution is 0.0627. The van der Waals surface area contributed by atoms with Crippen molar-refractivity contribution >= 4 is 28.4 Å². The molecule has 0 atom stereocenters. The van der Waals surface area contributed by atoms with Gasteiger partial charge in [0.2, 0.25) is 0 Å². The third-order valence-electron chi connectivity index (χ3n) is 9.71. The van der Waals surface area contributed by atoms with Gasteiger partial charge in [-0.2, -0.15) is 0 Å². The third-order valence-corrected chi connectivity index (χ3v) is 19.1. The van der Waals surface area contributed by atoms with Gasteiger partial charge in [-0.1, -0.05) is 65.8 Å². The van der Waals surface area contributed by atoms with Gasteiger partial charge in [-0.25, -0.2) is 0 Å². The Hall–Kier alpha value is -2.35. The van der Waals surface area contributed by atoms with Gasteiger partial charge in [-0.3, -0.25) is 9.59 Å². The maximum absolute atomic E-state index is 13.8. The number of nitrogens with zero attached hydrogens (tertiary/aromatic N) is 2. The Morgan fingerprint density at radius 2 is 0.783 bits per heavy atom. The van der Waals surface area contributed by atoms with Crippen molar-refractivity contribution in [1.29, 1.82) is 0 Å². The number of benzene rings is 2. The maximum atomic E-state index is 13.8. The van der Waals surface area contributed by atoms with Crippen molar-refractivity contribution < 1.29 is 27.9 Å². The molecule has 46 heavy (non-hydrogen) atoms. The van der Waals surface area contributed by atoms with E-state index >= 15 is 0 Å². The fourth-order valence-corrected chi connectivity index (χ4v) is 11.1. The highest BCUT2D eigenvalue weighted by Gasteiger charge is 2.30. The Kier molecular flexibility index (Phi) is 18.0. The first-order valence-corrected chi connectivity index (χ1v) is 22.3. The molecule has 0 aromatic heterocycles. The number of methoxy groups -OCH3 is 2. The summed E-state index contributed by atoms with van der Waals surface area (Å²) in [5.74, 6) is -0.0523. The molecule has 2 amide bonds. The number of rotatable bonds is 23. The minimum absolute atomic E-state index is 0.000396. The van der Waals surface area contributed by atoms with Crippen LogP contribution in [0, 0.1) is 0 Å². The highest BCUT2D eigenvalue weighted by Crippen LogP contribution is 2.24. The van der Waals surface area contributed by atoms with Crippen LogP contribution >= 0.6 is 0 Å². The number of hydrogen-bond donors (Lipinski definition) is 0. The predicted molar refractivity (Wildman–Crippen MR) is 194 cm³/mol. The quantitative estimate of drug-likeness (QED) is 0.113. The Morgan fingerprint density at radius 3 is 1.04 bits per heavy atom. The van der Waals surface area contributed by atoms with Gasteiger partial charge in [-0.15, -0.1) is 0 Å². The van der Waals surface area contributed by atoms with E-state index in [1.54, 1.807) is 19.1 Å². The van der Waals surface area contributed by atoms with Gasteiger partial charge < -0.3 is 28.1 Å². The molecule has 2 aromatic carbocycles. The van der Waals surface area contributed by atoms with E-state index in [2.05, 4.69) is 41.5 Å². The van der Waals surface area contributed by atoms with Crippen molar-refractivity contribution in [1.82, 2.24) is 9.80 Å². The molecule has 0 fully saturated rings. The molecule has 0 bridgehead atoms. The average Bonchev–Trinajstić information content (AvgIpc) is 3.11. The largest absolute Gasteiger partial charge is 0.415 e. The van der Waals surface area contributed by atoms with Gasteiger partial charge in [0.1, 0.15) is 0 Å². The Balaban J connectivity index is 2.19. The van der Waals surface area contributed by atoms with Crippen molar-refractivity contribution in [3.63, 3.8) is 0 Å². The second-order valence-electron chi connectivity index (χ2n) is 11.9. The molecule has 0 radical (unpaired) electrons. The van der Waals surface area contributed by atoms with Crippen molar-refractivity contribution in [2.24, 2.45) is 0 Å². The number of hydrogen-bond acceptors (Lipinski definition) is 6. The summed E-state index contributed by atoms with van der Waals surface area (Å²) in [7, 11) is -0.243. The van der Waals surface area contributed by atoms with E-state index in [0.29, 0.717) is 63.7 Å². The predicted octanol–water partition coefficient (Wildman–Crippen LogP) is 7.57. The Labute approximate surface area is 281 Å². The zero-order valence-electron chi connectivity index (χ0n) is 29.9. The van der Waals surface area contributed by atoms with Crippen LogP contribution in [0.2, 0.25) is 36.3 Å². The van der Waals surface area contributed by atoms with Crippen LogP contribution in [0.1, 0.15) is 62.3 Å². The van der Waals surface area contributed by atoms with Crippen LogP contribution < -0.4 is 0 Å². The fraction of sp³-hybridized carbons (Fsp3) is 0.611. The highest BCUT2D eigenvalue weighted by molar-refractivity contribution is 6.74. The summed E-state index contributed by atoms with van der Waals surface area (Å²) in [6.45, 7) is 17.5. The third kappa shape index (κ3) is 11.4. The van der Waals surface area contributed by atoms with Crippen molar-refractivity contribution in [3.8, 4) is 11.1 Å². The molecule has 0 aliphatic heterocycles. The topological polar surface area (TPSA) is 77.5 Å². The molecular weight excluding hydrogens is 613 g/mol. The fourth-order valence-electron chi connectivity index (χ4n) is 5.87. The molecule has 0 heterocycles. The van der Waals surface area contributed by atoms with E-state index in [9.17, 15) is 9.59 Å². The van der Waals surface area contributed by atoms with Crippen molar-refractivity contribution in [2.75, 3.05) is 66.8 Å². The molecule has 10 heteroatoms. The normalized spacial score (nSPS) is 11.9. The average molecular weight is 673 g/mol. The second-order valence-corrected chi connectivity index (χ2v) is 21.5. The SMILES string of the molecule is CC[Si](CC)(CC)OCCN(CCO[Si](CC)(CC)CC)C(=O)c1ccc(-c2ccc(C(=O)N(CCOC)CCOC)cc2)cc1. The zero-order chi connectivity index (χ0) is 34.0. The molecule has 0 N–H and O–H groups in total. The summed E-state index contributed by atoms with van der Waals surface area (Å²) in [4.78, 5) is 30.6. The Bertz CT molecular complexity index is 1100. The summed E-state index contributed by atoms with van der Waals surface area (Å²) >= 11 is 0. The van der Waals surface area contributed by atoms with Gasteiger partial charge in [0.25, 0.3) is 11.8 Å². The summed E-state index contributed by atoms with van der Waals surface area (Å²) in [6, 6.07) is 21.9. The van der Waals surface area contributed by atoms with Crippen molar-refractivity contribution in [2.45, 2.75) is 77.8 Å². The first kappa shape index (κ1) is 39.8. The lowest BCUT2D eigenvalue weighted by atomic mass is 10.0. The maximum Gasteiger partial charge on any atom is 0.254 e. The lowest BCUT2D eigenvalue weighted by Gasteiger charge is -2.32. The monoisotopic (exact) mass is 672 g/mol. The molecular formula is C36H60N2O6Si2. The van der Waals surface area contributed by atoms with Crippen molar-refractivity contribution in [3.05, 3.63) is 59.7 Å². The van der Waals surface area contributed by atoms with Gasteiger partial charge >= 0.3 is 0 Å². The van der Waals surface area contributed by atoms with E-state index in [-0.39, 0.29) is 11.8 Å². The standard InChI is InChI=1S/C36H60N2O6Si2/c1-9-45(10-2,11-3)43-29-25-38(26-30-44-46(12-4,13-5)14-6)36(40)34-21-17-32(18-22-34)31-15-19-33(20-16-31)35(39)37(23-27-41-7)24-28-42-8/h15-22H,9-14,23-30H2,1-8H3. The zero-order valence-corrected chi connectivity index (χ0v) is 31.9. The van der Waals surface area contributed by atoms with Crippen LogP contribution in [0.4, 0.5) is 0 Å². The molecule has 0 saturated carbocycles. The second kappa shape index (κ2) is 20.8. The van der Waals surface area contributed by atoms with Gasteiger partial charge in [-0.05, 0) is 71.7 Å². The minimum Gasteiger partial charge on any atom is -0.415 e. The van der Waals surface area contributed by atoms with Crippen LogP contribution in [0.5, 0.6) is 0 Å². The molecule has 258 valence electrons. The van der Waals surface area contributed by atoms with Gasteiger partial charge in [0.15, 0.2) is 16.6 Å². The van der Waals surface area contributed by atoms with Crippen LogP contribution in [0.15, 0.2) is 48.5 Å². The summed E-state index contributed by atoms with van der Waals surface area (Å²) in [5, 5.41) is 0. The first-order chi connectivity index (χ1) is 22.2. The molecule has 0 saturated heterocycles. The molecule has 0 unspecified atom stereocenters. The van der Waals surface area contributed by atoms with E-state index < -0.39 is 16.6 Å². The van der Waals surface area contributed by atoms with Gasteiger partial charge in [0, 0.05) is 51.5 Å². The van der Waals surface area contributed by atoms with Crippen LogP contribution in [-0.2, 0) is 18.3 Å². The molecule has 0 aliphatic rings. The molecule has 2 aromatic rings. The molecule has 0 aliphatic carbocycles. The summed E-state index contributed by atoms with van der Waals surface area (Å²) in [5.41, 5.74) is 3.23. The number of carbonyl (C=O) groups excluding carboxylic acids is 2. The van der Waals surface area contributed by atoms with E-state index in [4.69, 9.17) is 18.3 Å². The van der Waals surface area contributed by atoms with E-state index in [1.165, 1.54) is 0 Å². The lowest BCUT2D eigenvalue weighted by Crippen LogP contribution is -2.43. The van der Waals surface area contributed by atoms with Crippen LogP contribution in [-0.4, -0.2) is 105 Å². The number of ether oxygens (including phenoxy) is 2. The minimum atomic E-state index is -1.75. The smallest absolute Gasteiger partial charge is 0.254 e. The first-order valence-electron chi connectivity index (χ1n) is 17.3.